The Kier molecular flexibility index (Phi) is 6.79. The van der Waals surface area contributed by atoms with Gasteiger partial charge in [0.1, 0.15) is 11.8 Å². The number of benzene rings is 1. The van der Waals surface area contributed by atoms with E-state index in [1.54, 1.807) is 13.8 Å². The minimum Gasteiger partial charge on any atom is -0.497 e. The number of ether oxygens (including phenoxy) is 2. The van der Waals surface area contributed by atoms with E-state index in [9.17, 15) is 18.0 Å². The number of nitrogens with zero attached hydrogens (tertiary/aromatic N) is 1. The molecule has 1 heterocycles. The summed E-state index contributed by atoms with van der Waals surface area (Å²) in [6, 6.07) is 4.88. The van der Waals surface area contributed by atoms with E-state index in [1.165, 1.54) is 36.3 Å². The molecule has 0 bridgehead atoms. The Morgan fingerprint density at radius 3 is 2.44 bits per heavy atom. The number of rotatable bonds is 7. The molecular formula is C17H25N3O6S. The van der Waals surface area contributed by atoms with Crippen LogP contribution in [0.3, 0.4) is 0 Å². The Balaban J connectivity index is 2.18. The van der Waals surface area contributed by atoms with Gasteiger partial charge in [-0.2, -0.15) is 4.72 Å². The van der Waals surface area contributed by atoms with E-state index < -0.39 is 34.0 Å². The zero-order valence-corrected chi connectivity index (χ0v) is 16.4. The Hall–Kier alpha value is -2.17. The van der Waals surface area contributed by atoms with Crippen LogP contribution in [0.2, 0.25) is 0 Å². The number of sulfonamides is 1. The highest BCUT2D eigenvalue weighted by atomic mass is 32.2. The lowest BCUT2D eigenvalue weighted by atomic mass is 10.0. The summed E-state index contributed by atoms with van der Waals surface area (Å²) in [5.74, 6) is -0.860. The van der Waals surface area contributed by atoms with Gasteiger partial charge < -0.3 is 20.1 Å². The van der Waals surface area contributed by atoms with Gasteiger partial charge >= 0.3 is 0 Å². The van der Waals surface area contributed by atoms with Gasteiger partial charge in [-0.3, -0.25) is 9.59 Å². The van der Waals surface area contributed by atoms with E-state index in [-0.39, 0.29) is 30.5 Å². The molecule has 2 rings (SSSR count). The highest BCUT2D eigenvalue weighted by Gasteiger charge is 2.35. The van der Waals surface area contributed by atoms with Crippen LogP contribution in [-0.4, -0.2) is 64.1 Å². The number of methoxy groups -OCH3 is 1. The van der Waals surface area contributed by atoms with Gasteiger partial charge in [0, 0.05) is 6.54 Å². The molecule has 0 spiro atoms. The number of nitrogens with two attached hydrogens (primary N) is 1. The van der Waals surface area contributed by atoms with Crippen molar-refractivity contribution in [3.05, 3.63) is 24.3 Å². The van der Waals surface area contributed by atoms with Crippen LogP contribution in [0.1, 0.15) is 13.8 Å². The molecule has 2 atom stereocenters. The SMILES string of the molecule is COc1ccc(S(=O)(=O)N[C@H](C(=O)N2CCO[C@H](C(N)=O)C2)C(C)C)cc1. The topological polar surface area (TPSA) is 128 Å². The number of primary amides is 1. The predicted molar refractivity (Wildman–Crippen MR) is 97.5 cm³/mol. The molecule has 9 nitrogen and oxygen atoms in total. The van der Waals surface area contributed by atoms with Gasteiger partial charge in [0.25, 0.3) is 0 Å². The van der Waals surface area contributed by atoms with Gasteiger partial charge in [-0.15, -0.1) is 0 Å². The third-order valence-corrected chi connectivity index (χ3v) is 5.74. The Morgan fingerprint density at radius 1 is 1.30 bits per heavy atom. The monoisotopic (exact) mass is 399 g/mol. The van der Waals surface area contributed by atoms with Crippen molar-refractivity contribution in [1.82, 2.24) is 9.62 Å². The fourth-order valence-corrected chi connectivity index (χ4v) is 4.02. The van der Waals surface area contributed by atoms with E-state index in [2.05, 4.69) is 4.72 Å². The third-order valence-electron chi connectivity index (χ3n) is 4.28. The average Bonchev–Trinajstić information content (AvgIpc) is 2.65. The molecule has 1 aliphatic heterocycles. The van der Waals surface area contributed by atoms with Crippen LogP contribution in [0.5, 0.6) is 5.75 Å². The fraction of sp³-hybridized carbons (Fsp3) is 0.529. The van der Waals surface area contributed by atoms with Crippen LogP contribution in [-0.2, 0) is 24.3 Å². The van der Waals surface area contributed by atoms with Crippen molar-refractivity contribution in [1.29, 1.82) is 0 Å². The molecule has 1 saturated heterocycles. The largest absolute Gasteiger partial charge is 0.497 e. The molecule has 150 valence electrons. The molecule has 0 aliphatic carbocycles. The first-order valence-corrected chi connectivity index (χ1v) is 10.00. The van der Waals surface area contributed by atoms with Crippen molar-refractivity contribution >= 4 is 21.8 Å². The maximum atomic E-state index is 12.9. The molecule has 1 fully saturated rings. The highest BCUT2D eigenvalue weighted by molar-refractivity contribution is 7.89. The molecule has 1 aliphatic rings. The normalized spacial score (nSPS) is 19.0. The molecule has 0 radical (unpaired) electrons. The quantitative estimate of drug-likeness (QED) is 0.648. The van der Waals surface area contributed by atoms with E-state index in [1.807, 2.05) is 0 Å². The molecule has 0 unspecified atom stereocenters. The van der Waals surface area contributed by atoms with E-state index in [0.717, 1.165) is 0 Å². The maximum absolute atomic E-state index is 12.9. The summed E-state index contributed by atoms with van der Waals surface area (Å²) < 4.78 is 38.1. The van der Waals surface area contributed by atoms with Gasteiger partial charge in [0.05, 0.1) is 25.2 Å². The van der Waals surface area contributed by atoms with Crippen LogP contribution in [0.15, 0.2) is 29.2 Å². The molecular weight excluding hydrogens is 374 g/mol. The molecule has 2 amide bonds. The molecule has 0 aromatic heterocycles. The zero-order valence-electron chi connectivity index (χ0n) is 15.5. The molecule has 10 heteroatoms. The Labute approximate surface area is 158 Å². The van der Waals surface area contributed by atoms with Crippen LogP contribution >= 0.6 is 0 Å². The van der Waals surface area contributed by atoms with Gasteiger partial charge in [0.2, 0.25) is 21.8 Å². The Bertz CT molecular complexity index is 778. The summed E-state index contributed by atoms with van der Waals surface area (Å²) in [6.45, 7) is 3.91. The van der Waals surface area contributed by atoms with Gasteiger partial charge in [-0.25, -0.2) is 8.42 Å². The summed E-state index contributed by atoms with van der Waals surface area (Å²) in [4.78, 5) is 25.6. The second kappa shape index (κ2) is 8.68. The fourth-order valence-electron chi connectivity index (χ4n) is 2.68. The number of carbonyl (C=O) groups is 2. The lowest BCUT2D eigenvalue weighted by Crippen LogP contribution is -2.57. The third kappa shape index (κ3) is 5.18. The van der Waals surface area contributed by atoms with Crippen molar-refractivity contribution in [2.45, 2.75) is 30.9 Å². The van der Waals surface area contributed by atoms with Gasteiger partial charge in [-0.05, 0) is 30.2 Å². The van der Waals surface area contributed by atoms with Gasteiger partial charge in [-0.1, -0.05) is 13.8 Å². The summed E-state index contributed by atoms with van der Waals surface area (Å²) in [5.41, 5.74) is 5.24. The second-order valence-corrected chi connectivity index (χ2v) is 8.28. The summed E-state index contributed by atoms with van der Waals surface area (Å²) in [7, 11) is -2.44. The number of morpholine rings is 1. The predicted octanol–water partition coefficient (Wildman–Crippen LogP) is -0.289. The van der Waals surface area contributed by atoms with Crippen molar-refractivity contribution < 1.29 is 27.5 Å². The van der Waals surface area contributed by atoms with Crippen molar-refractivity contribution in [3.8, 4) is 5.75 Å². The molecule has 1 aromatic carbocycles. The van der Waals surface area contributed by atoms with Crippen LogP contribution in [0, 0.1) is 5.92 Å². The first kappa shape index (κ1) is 21.1. The summed E-state index contributed by atoms with van der Waals surface area (Å²) in [5, 5.41) is 0. The summed E-state index contributed by atoms with van der Waals surface area (Å²) >= 11 is 0. The van der Waals surface area contributed by atoms with E-state index in [4.69, 9.17) is 15.2 Å². The van der Waals surface area contributed by atoms with Crippen molar-refractivity contribution in [3.63, 3.8) is 0 Å². The first-order chi connectivity index (χ1) is 12.7. The number of amides is 2. The molecule has 3 N–H and O–H groups in total. The number of carbonyl (C=O) groups excluding carboxylic acids is 2. The second-order valence-electron chi connectivity index (χ2n) is 6.56. The molecule has 0 saturated carbocycles. The van der Waals surface area contributed by atoms with Crippen LogP contribution in [0.25, 0.3) is 0 Å². The standard InChI is InChI=1S/C17H25N3O6S/c1-11(2)15(17(22)20-8-9-26-14(10-20)16(18)21)19-27(23,24)13-6-4-12(25-3)5-7-13/h4-7,11,14-15,19H,8-10H2,1-3H3,(H2,18,21)/t14-,15-/m0/s1. The maximum Gasteiger partial charge on any atom is 0.248 e. The van der Waals surface area contributed by atoms with E-state index >= 15 is 0 Å². The van der Waals surface area contributed by atoms with E-state index in [0.29, 0.717) is 5.75 Å². The number of hydrogen-bond donors (Lipinski definition) is 2. The van der Waals surface area contributed by atoms with Gasteiger partial charge in [0.15, 0.2) is 6.10 Å². The minimum atomic E-state index is -3.92. The highest BCUT2D eigenvalue weighted by Crippen LogP contribution is 2.18. The molecule has 27 heavy (non-hydrogen) atoms. The smallest absolute Gasteiger partial charge is 0.248 e. The first-order valence-electron chi connectivity index (χ1n) is 8.51. The lowest BCUT2D eigenvalue weighted by Gasteiger charge is -2.35. The number of nitrogens with one attached hydrogen (secondary N) is 1. The van der Waals surface area contributed by atoms with Crippen molar-refractivity contribution in [2.24, 2.45) is 11.7 Å². The average molecular weight is 399 g/mol. The Morgan fingerprint density at radius 2 is 1.93 bits per heavy atom. The zero-order chi connectivity index (χ0) is 20.2. The van der Waals surface area contributed by atoms with Crippen LogP contribution in [0.4, 0.5) is 0 Å². The van der Waals surface area contributed by atoms with Crippen LogP contribution < -0.4 is 15.2 Å². The summed E-state index contributed by atoms with van der Waals surface area (Å²) in [6.07, 6.45) is -0.895. The lowest BCUT2D eigenvalue weighted by molar-refractivity contribution is -0.147. The molecule has 1 aromatic rings. The number of hydrogen-bond acceptors (Lipinski definition) is 6. The minimum absolute atomic E-state index is 0.00164. The van der Waals surface area contributed by atoms with Crippen molar-refractivity contribution in [2.75, 3.05) is 26.8 Å².